The molecule has 206 valence electrons. The molecule has 6 N–H and O–H groups in total. The summed E-state index contributed by atoms with van der Waals surface area (Å²) in [7, 11) is 1.31. The van der Waals surface area contributed by atoms with Crippen LogP contribution in [0.5, 0.6) is 0 Å². The minimum absolute atomic E-state index is 0.0827. The molecule has 3 aliphatic rings. The zero-order chi connectivity index (χ0) is 27.0. The number of aliphatic hydroxyl groups excluding tert-OH is 4. The second-order valence-electron chi connectivity index (χ2n) is 9.91. The van der Waals surface area contributed by atoms with E-state index < -0.39 is 48.9 Å². The van der Waals surface area contributed by atoms with Crippen LogP contribution in [0, 0.1) is 11.8 Å². The highest BCUT2D eigenvalue weighted by Gasteiger charge is 2.45. The van der Waals surface area contributed by atoms with Gasteiger partial charge in [-0.15, -0.1) is 6.58 Å². The summed E-state index contributed by atoms with van der Waals surface area (Å²) in [4.78, 5) is 16.3. The number of carbonyl (C=O) groups is 1. The van der Waals surface area contributed by atoms with E-state index in [0.29, 0.717) is 12.0 Å². The number of carbonyl (C=O) groups excluding carboxylic acids is 1. The molecule has 0 amide bonds. The molecule has 0 saturated carbocycles. The molecule has 0 spiro atoms. The van der Waals surface area contributed by atoms with E-state index in [0.717, 1.165) is 24.2 Å². The summed E-state index contributed by atoms with van der Waals surface area (Å²) >= 11 is 0. The third-order valence-electron chi connectivity index (χ3n) is 7.76. The van der Waals surface area contributed by atoms with E-state index in [1.807, 2.05) is 18.2 Å². The van der Waals surface area contributed by atoms with Crippen LogP contribution in [0.4, 0.5) is 0 Å². The van der Waals surface area contributed by atoms with E-state index in [1.165, 1.54) is 24.3 Å². The Hall–Kier alpha value is -2.77. The molecule has 0 aliphatic carbocycles. The Bertz CT molecular complexity index is 1200. The van der Waals surface area contributed by atoms with E-state index in [1.54, 1.807) is 6.08 Å². The number of ether oxygens (including phenoxy) is 4. The van der Waals surface area contributed by atoms with Crippen LogP contribution in [0.25, 0.3) is 10.9 Å². The van der Waals surface area contributed by atoms with Crippen molar-refractivity contribution in [3.63, 3.8) is 0 Å². The first kappa shape index (κ1) is 26.8. The average molecular weight is 531 g/mol. The van der Waals surface area contributed by atoms with Crippen molar-refractivity contribution in [2.45, 2.75) is 55.9 Å². The molecule has 4 heterocycles. The van der Waals surface area contributed by atoms with Gasteiger partial charge in [0.15, 0.2) is 6.29 Å². The predicted molar refractivity (Wildman–Crippen MR) is 134 cm³/mol. The normalized spacial score (nSPS) is 35.2. The van der Waals surface area contributed by atoms with Crippen molar-refractivity contribution in [1.29, 1.82) is 0 Å². The first-order valence-corrected chi connectivity index (χ1v) is 12.7. The van der Waals surface area contributed by atoms with Crippen LogP contribution in [-0.2, 0) is 30.2 Å². The minimum atomic E-state index is -1.68. The van der Waals surface area contributed by atoms with Gasteiger partial charge >= 0.3 is 5.97 Å². The standard InChI is InChI=1S/C27H34N2O9/c1-3-13-16(10-19-21-15(8-9-28-19)14-6-4-5-7-18(14)29-21)17(25(33)35-2)11-36-27(13)37-12-20-22(30)23(31)24(32)26(34)38-20/h3-7,11,13,16,19-20,22-24,26-32,34H,1,8-10,12H2,2H3/t13-,16+,19-,20+,22+,23-,24+,26+,27-/m1/s1. The van der Waals surface area contributed by atoms with Crippen LogP contribution in [0.3, 0.4) is 0 Å². The number of hydrogen-bond acceptors (Lipinski definition) is 10. The largest absolute Gasteiger partial charge is 0.471 e. The maximum absolute atomic E-state index is 12.7. The Morgan fingerprint density at radius 3 is 2.74 bits per heavy atom. The van der Waals surface area contributed by atoms with Crippen LogP contribution in [0.15, 0.2) is 48.8 Å². The third-order valence-corrected chi connectivity index (χ3v) is 7.76. The lowest BCUT2D eigenvalue weighted by Gasteiger charge is -2.40. The highest BCUT2D eigenvalue weighted by atomic mass is 16.7. The smallest absolute Gasteiger partial charge is 0.337 e. The SMILES string of the molecule is C=C[C@H]1[C@@H](OC[C@@H]2O[C@H](O)[C@@H](O)[C@H](O)[C@H]2O)OC=C(C(=O)OC)[C@H]1C[C@H]1NCCc2c1[nH]c1ccccc21. The zero-order valence-corrected chi connectivity index (χ0v) is 21.0. The number of H-pyrrole nitrogens is 1. The molecular formula is C27H34N2O9. The zero-order valence-electron chi connectivity index (χ0n) is 21.0. The Morgan fingerprint density at radius 1 is 1.18 bits per heavy atom. The van der Waals surface area contributed by atoms with E-state index in [4.69, 9.17) is 18.9 Å². The minimum Gasteiger partial charge on any atom is -0.471 e. The maximum atomic E-state index is 12.7. The van der Waals surface area contributed by atoms with Crippen molar-refractivity contribution < 1.29 is 44.2 Å². The number of nitrogens with one attached hydrogen (secondary N) is 2. The molecular weight excluding hydrogens is 496 g/mol. The van der Waals surface area contributed by atoms with Crippen molar-refractivity contribution in [3.8, 4) is 0 Å². The summed E-state index contributed by atoms with van der Waals surface area (Å²) in [6.07, 6.45) is -4.01. The van der Waals surface area contributed by atoms with Gasteiger partial charge in [0.1, 0.15) is 24.4 Å². The highest BCUT2D eigenvalue weighted by Crippen LogP contribution is 2.41. The summed E-state index contributed by atoms with van der Waals surface area (Å²) in [6.45, 7) is 4.49. The van der Waals surface area contributed by atoms with Gasteiger partial charge in [0.05, 0.1) is 25.6 Å². The number of rotatable bonds is 7. The molecule has 1 fully saturated rings. The van der Waals surface area contributed by atoms with Gasteiger partial charge in [-0.3, -0.25) is 0 Å². The predicted octanol–water partition coefficient (Wildman–Crippen LogP) is 0.393. The highest BCUT2D eigenvalue weighted by molar-refractivity contribution is 5.89. The van der Waals surface area contributed by atoms with Crippen LogP contribution >= 0.6 is 0 Å². The second kappa shape index (κ2) is 11.1. The number of methoxy groups -OCH3 is 1. The molecule has 2 aromatic rings. The van der Waals surface area contributed by atoms with Gasteiger partial charge < -0.3 is 49.7 Å². The molecule has 9 atom stereocenters. The average Bonchev–Trinajstić information content (AvgIpc) is 3.32. The number of aromatic amines is 1. The molecule has 0 bridgehead atoms. The number of esters is 1. The van der Waals surface area contributed by atoms with E-state index in [2.05, 4.69) is 22.9 Å². The lowest BCUT2D eigenvalue weighted by molar-refractivity contribution is -0.297. The van der Waals surface area contributed by atoms with Gasteiger partial charge in [-0.1, -0.05) is 24.3 Å². The van der Waals surface area contributed by atoms with Crippen LogP contribution < -0.4 is 5.32 Å². The third kappa shape index (κ3) is 4.87. The number of para-hydroxylation sites is 1. The number of aliphatic hydroxyl groups is 4. The Kier molecular flexibility index (Phi) is 7.87. The van der Waals surface area contributed by atoms with Crippen molar-refractivity contribution in [1.82, 2.24) is 10.3 Å². The van der Waals surface area contributed by atoms with Crippen molar-refractivity contribution in [3.05, 3.63) is 60.0 Å². The number of hydrogen-bond donors (Lipinski definition) is 6. The van der Waals surface area contributed by atoms with Gasteiger partial charge in [-0.2, -0.15) is 0 Å². The number of aromatic nitrogens is 1. The molecule has 1 aromatic carbocycles. The summed E-state index contributed by atoms with van der Waals surface area (Å²) in [6, 6.07) is 8.08. The molecule has 3 aliphatic heterocycles. The molecule has 0 unspecified atom stereocenters. The molecule has 1 saturated heterocycles. The lowest BCUT2D eigenvalue weighted by atomic mass is 9.78. The van der Waals surface area contributed by atoms with Crippen LogP contribution in [-0.4, -0.2) is 88.6 Å². The van der Waals surface area contributed by atoms with E-state index in [-0.39, 0.29) is 18.6 Å². The van der Waals surface area contributed by atoms with Crippen LogP contribution in [0.2, 0.25) is 0 Å². The maximum Gasteiger partial charge on any atom is 0.337 e. The van der Waals surface area contributed by atoms with Gasteiger partial charge in [0.2, 0.25) is 6.29 Å². The fourth-order valence-corrected chi connectivity index (χ4v) is 5.72. The van der Waals surface area contributed by atoms with Gasteiger partial charge in [0.25, 0.3) is 0 Å². The molecule has 1 aromatic heterocycles. The summed E-state index contributed by atoms with van der Waals surface area (Å²) < 4.78 is 21.9. The summed E-state index contributed by atoms with van der Waals surface area (Å²) in [5.41, 5.74) is 3.74. The van der Waals surface area contributed by atoms with E-state index in [9.17, 15) is 25.2 Å². The lowest BCUT2D eigenvalue weighted by Crippen LogP contribution is -2.59. The Balaban J connectivity index is 1.37. The molecule has 38 heavy (non-hydrogen) atoms. The summed E-state index contributed by atoms with van der Waals surface area (Å²) in [5, 5.41) is 44.6. The van der Waals surface area contributed by atoms with Crippen molar-refractivity contribution in [2.75, 3.05) is 20.3 Å². The quantitative estimate of drug-likeness (QED) is 0.218. The number of benzene rings is 1. The van der Waals surface area contributed by atoms with Gasteiger partial charge in [-0.05, 0) is 31.0 Å². The first-order valence-electron chi connectivity index (χ1n) is 12.7. The molecule has 11 heteroatoms. The van der Waals surface area contributed by atoms with Crippen molar-refractivity contribution >= 4 is 16.9 Å². The van der Waals surface area contributed by atoms with Crippen molar-refractivity contribution in [2.24, 2.45) is 11.8 Å². The topological polar surface area (TPSA) is 163 Å². The van der Waals surface area contributed by atoms with E-state index >= 15 is 0 Å². The second-order valence-corrected chi connectivity index (χ2v) is 9.91. The Labute approximate surface area is 219 Å². The fourth-order valence-electron chi connectivity index (χ4n) is 5.72. The summed E-state index contributed by atoms with van der Waals surface area (Å²) in [5.74, 6) is -1.38. The first-order chi connectivity index (χ1) is 18.3. The van der Waals surface area contributed by atoms with Gasteiger partial charge in [-0.25, -0.2) is 4.79 Å². The monoisotopic (exact) mass is 530 g/mol. The fraction of sp³-hybridized carbons (Fsp3) is 0.519. The molecule has 0 radical (unpaired) electrons. The van der Waals surface area contributed by atoms with Gasteiger partial charge in [0, 0.05) is 34.5 Å². The number of fused-ring (bicyclic) bond motifs is 3. The van der Waals surface area contributed by atoms with Crippen LogP contribution in [0.1, 0.15) is 23.7 Å². The molecule has 11 nitrogen and oxygen atoms in total. The molecule has 5 rings (SSSR count). The Morgan fingerprint density at radius 2 is 1.97 bits per heavy atom.